The van der Waals surface area contributed by atoms with Crippen LogP contribution in [0.25, 0.3) is 0 Å². The lowest BCUT2D eigenvalue weighted by atomic mass is 10.1. The van der Waals surface area contributed by atoms with Crippen LogP contribution in [0.15, 0.2) is 47.4 Å². The lowest BCUT2D eigenvalue weighted by Gasteiger charge is -2.11. The number of halogens is 1. The maximum Gasteiger partial charge on any atom is 0.251 e. The first-order valence-electron chi connectivity index (χ1n) is 6.00. The Balaban J connectivity index is 2.11. The Morgan fingerprint density at radius 1 is 1.30 bits per heavy atom. The second-order valence-electron chi connectivity index (χ2n) is 4.15. The topological polar surface area (TPSA) is 38.3 Å². The van der Waals surface area contributed by atoms with Crippen molar-refractivity contribution in [3.05, 3.63) is 58.6 Å². The van der Waals surface area contributed by atoms with E-state index in [0.717, 1.165) is 10.5 Å². The number of thiol groups is 1. The van der Waals surface area contributed by atoms with Crippen LogP contribution < -0.4 is 10.1 Å². The number of carbonyl (C=O) groups is 1. The van der Waals surface area contributed by atoms with Crippen LogP contribution in [-0.2, 0) is 6.54 Å². The van der Waals surface area contributed by atoms with Gasteiger partial charge in [-0.3, -0.25) is 4.79 Å². The summed E-state index contributed by atoms with van der Waals surface area (Å²) in [5.41, 5.74) is 1.32. The van der Waals surface area contributed by atoms with Gasteiger partial charge in [0.05, 0.1) is 7.11 Å². The minimum Gasteiger partial charge on any atom is -0.496 e. The molecule has 0 aromatic heterocycles. The highest BCUT2D eigenvalue weighted by Crippen LogP contribution is 2.26. The van der Waals surface area contributed by atoms with E-state index in [1.165, 1.54) is 0 Å². The van der Waals surface area contributed by atoms with E-state index >= 15 is 0 Å². The van der Waals surface area contributed by atoms with E-state index in [2.05, 4.69) is 17.9 Å². The molecule has 5 heteroatoms. The minimum atomic E-state index is -0.178. The smallest absolute Gasteiger partial charge is 0.251 e. The molecule has 2 rings (SSSR count). The highest BCUT2D eigenvalue weighted by atomic mass is 35.5. The fourth-order valence-corrected chi connectivity index (χ4v) is 2.28. The zero-order valence-corrected chi connectivity index (χ0v) is 12.5. The second-order valence-corrected chi connectivity index (χ2v) is 5.08. The van der Waals surface area contributed by atoms with Gasteiger partial charge in [0.2, 0.25) is 0 Å². The fourth-order valence-electron chi connectivity index (χ4n) is 1.82. The van der Waals surface area contributed by atoms with Crippen LogP contribution in [0.3, 0.4) is 0 Å². The van der Waals surface area contributed by atoms with Crippen molar-refractivity contribution >= 4 is 30.1 Å². The molecule has 0 unspecified atom stereocenters. The van der Waals surface area contributed by atoms with E-state index in [4.69, 9.17) is 16.3 Å². The summed E-state index contributed by atoms with van der Waals surface area (Å²) in [4.78, 5) is 12.8. The van der Waals surface area contributed by atoms with Gasteiger partial charge in [-0.05, 0) is 30.3 Å². The summed E-state index contributed by atoms with van der Waals surface area (Å²) in [6.45, 7) is 0.304. The van der Waals surface area contributed by atoms with Crippen molar-refractivity contribution in [2.75, 3.05) is 7.11 Å². The third kappa shape index (κ3) is 3.46. The molecule has 0 aliphatic carbocycles. The Bertz CT molecular complexity index is 631. The van der Waals surface area contributed by atoms with E-state index in [9.17, 15) is 4.79 Å². The molecule has 1 amide bonds. The average Bonchev–Trinajstić information content (AvgIpc) is 2.45. The lowest BCUT2D eigenvalue weighted by molar-refractivity contribution is 0.0950. The van der Waals surface area contributed by atoms with Crippen molar-refractivity contribution in [3.8, 4) is 5.75 Å². The summed E-state index contributed by atoms with van der Waals surface area (Å²) in [5, 5.41) is 3.38. The number of benzene rings is 2. The quantitative estimate of drug-likeness (QED) is 0.848. The summed E-state index contributed by atoms with van der Waals surface area (Å²) in [7, 11) is 1.57. The van der Waals surface area contributed by atoms with Gasteiger partial charge in [0, 0.05) is 27.6 Å². The van der Waals surface area contributed by atoms with Gasteiger partial charge in [-0.2, -0.15) is 0 Å². The van der Waals surface area contributed by atoms with Gasteiger partial charge in [-0.1, -0.05) is 23.7 Å². The minimum absolute atomic E-state index is 0.178. The lowest BCUT2D eigenvalue weighted by Crippen LogP contribution is -2.23. The van der Waals surface area contributed by atoms with Crippen LogP contribution in [0, 0.1) is 0 Å². The van der Waals surface area contributed by atoms with Crippen molar-refractivity contribution in [3.63, 3.8) is 0 Å². The zero-order valence-electron chi connectivity index (χ0n) is 10.9. The molecule has 2 aromatic rings. The van der Waals surface area contributed by atoms with Gasteiger partial charge in [0.1, 0.15) is 5.75 Å². The van der Waals surface area contributed by atoms with E-state index in [1.54, 1.807) is 37.4 Å². The van der Waals surface area contributed by atoms with Gasteiger partial charge in [0.25, 0.3) is 5.91 Å². The van der Waals surface area contributed by atoms with Gasteiger partial charge in [-0.25, -0.2) is 0 Å². The number of hydrogen-bond acceptors (Lipinski definition) is 3. The predicted molar refractivity (Wildman–Crippen MR) is 82.9 cm³/mol. The molecular formula is C15H14ClNO2S. The highest BCUT2D eigenvalue weighted by molar-refractivity contribution is 7.80. The maximum atomic E-state index is 12.1. The molecule has 0 spiro atoms. The largest absolute Gasteiger partial charge is 0.496 e. The number of nitrogens with one attached hydrogen (secondary N) is 1. The molecule has 0 fully saturated rings. The Morgan fingerprint density at radius 2 is 2.05 bits per heavy atom. The van der Waals surface area contributed by atoms with E-state index in [-0.39, 0.29) is 5.91 Å². The molecule has 2 aromatic carbocycles. The summed E-state index contributed by atoms with van der Waals surface area (Å²) in [5.74, 6) is 0.476. The van der Waals surface area contributed by atoms with Crippen LogP contribution >= 0.6 is 24.2 Å². The van der Waals surface area contributed by atoms with Gasteiger partial charge in [0.15, 0.2) is 0 Å². The van der Waals surface area contributed by atoms with Gasteiger partial charge in [-0.15, -0.1) is 12.6 Å². The van der Waals surface area contributed by atoms with E-state index in [1.807, 2.05) is 12.1 Å². The Morgan fingerprint density at radius 3 is 2.75 bits per heavy atom. The van der Waals surface area contributed by atoms with Crippen molar-refractivity contribution in [2.24, 2.45) is 0 Å². The Labute approximate surface area is 128 Å². The third-order valence-corrected chi connectivity index (χ3v) is 3.46. The SMILES string of the molecule is COc1cccc(Cl)c1CNC(=O)c1cccc(S)c1. The monoisotopic (exact) mass is 307 g/mol. The van der Waals surface area contributed by atoms with E-state index < -0.39 is 0 Å². The molecule has 3 nitrogen and oxygen atoms in total. The van der Waals surface area contributed by atoms with Gasteiger partial charge >= 0.3 is 0 Å². The van der Waals surface area contributed by atoms with E-state index in [0.29, 0.717) is 22.9 Å². The number of amides is 1. The molecule has 0 saturated heterocycles. The average molecular weight is 308 g/mol. The zero-order chi connectivity index (χ0) is 14.5. The van der Waals surface area contributed by atoms with Crippen molar-refractivity contribution in [1.82, 2.24) is 5.32 Å². The molecule has 0 saturated carbocycles. The van der Waals surface area contributed by atoms with Crippen molar-refractivity contribution in [2.45, 2.75) is 11.4 Å². The first-order chi connectivity index (χ1) is 9.61. The molecule has 0 radical (unpaired) electrons. The van der Waals surface area contributed by atoms with Gasteiger partial charge < -0.3 is 10.1 Å². The first kappa shape index (κ1) is 14.8. The number of carbonyl (C=O) groups excluding carboxylic acids is 1. The van der Waals surface area contributed by atoms with Crippen molar-refractivity contribution < 1.29 is 9.53 Å². The number of methoxy groups -OCH3 is 1. The van der Waals surface area contributed by atoms with Crippen LogP contribution in [0.2, 0.25) is 5.02 Å². The first-order valence-corrected chi connectivity index (χ1v) is 6.83. The highest BCUT2D eigenvalue weighted by Gasteiger charge is 2.10. The fraction of sp³-hybridized carbons (Fsp3) is 0.133. The molecule has 0 bridgehead atoms. The van der Waals surface area contributed by atoms with Crippen molar-refractivity contribution in [1.29, 1.82) is 0 Å². The molecule has 0 aliphatic heterocycles. The number of hydrogen-bond donors (Lipinski definition) is 2. The summed E-state index contributed by atoms with van der Waals surface area (Å²) >= 11 is 10.3. The molecule has 1 N–H and O–H groups in total. The molecule has 20 heavy (non-hydrogen) atoms. The number of ether oxygens (including phenoxy) is 1. The Hall–Kier alpha value is -1.65. The van der Waals surface area contributed by atoms with Crippen LogP contribution in [0.1, 0.15) is 15.9 Å². The van der Waals surface area contributed by atoms with Crippen LogP contribution in [-0.4, -0.2) is 13.0 Å². The summed E-state index contributed by atoms with van der Waals surface area (Å²) in [6.07, 6.45) is 0. The predicted octanol–water partition coefficient (Wildman–Crippen LogP) is 3.57. The second kappa shape index (κ2) is 6.68. The normalized spacial score (nSPS) is 10.2. The molecular weight excluding hydrogens is 294 g/mol. The molecule has 0 heterocycles. The maximum absolute atomic E-state index is 12.1. The summed E-state index contributed by atoms with van der Waals surface area (Å²) < 4.78 is 5.24. The Kier molecular flexibility index (Phi) is 4.93. The molecule has 0 aliphatic rings. The van der Waals surface area contributed by atoms with Crippen LogP contribution in [0.4, 0.5) is 0 Å². The molecule has 104 valence electrons. The van der Waals surface area contributed by atoms with Crippen LogP contribution in [0.5, 0.6) is 5.75 Å². The third-order valence-electron chi connectivity index (χ3n) is 2.83. The standard InChI is InChI=1S/C15H14ClNO2S/c1-19-14-7-3-6-13(16)12(14)9-17-15(18)10-4-2-5-11(20)8-10/h2-8,20H,9H2,1H3,(H,17,18). The summed E-state index contributed by atoms with van der Waals surface area (Å²) in [6, 6.07) is 12.4. The number of rotatable bonds is 4. The molecule has 0 atom stereocenters.